The molecule has 12 heavy (non-hydrogen) atoms. The van der Waals surface area contributed by atoms with E-state index in [1.807, 2.05) is 25.1 Å². The summed E-state index contributed by atoms with van der Waals surface area (Å²) in [6.45, 7) is 2.57. The van der Waals surface area contributed by atoms with E-state index in [0.717, 1.165) is 16.3 Å². The molecule has 0 aromatic heterocycles. The second kappa shape index (κ2) is 4.23. The molecule has 0 fully saturated rings. The summed E-state index contributed by atoms with van der Waals surface area (Å²) in [7, 11) is 0. The van der Waals surface area contributed by atoms with Crippen LogP contribution in [0.4, 0.5) is 5.69 Å². The Bertz CT molecular complexity index is 265. The van der Waals surface area contributed by atoms with Gasteiger partial charge in [0, 0.05) is 10.6 Å². The Morgan fingerprint density at radius 1 is 1.58 bits per heavy atom. The van der Waals surface area contributed by atoms with Crippen LogP contribution in [0.15, 0.2) is 23.1 Å². The SMILES string of the molecule is CCOc1ccc(NN)cc1S. The van der Waals surface area contributed by atoms with Crippen LogP contribution < -0.4 is 16.0 Å². The predicted octanol–water partition coefficient (Wildman–Crippen LogP) is 1.66. The fraction of sp³-hybridized carbons (Fsp3) is 0.250. The van der Waals surface area contributed by atoms with Gasteiger partial charge in [-0.2, -0.15) is 0 Å². The van der Waals surface area contributed by atoms with E-state index >= 15 is 0 Å². The Hall–Kier alpha value is -0.870. The van der Waals surface area contributed by atoms with E-state index in [-0.39, 0.29) is 0 Å². The normalized spacial score (nSPS) is 9.58. The van der Waals surface area contributed by atoms with Crippen LogP contribution in [0.3, 0.4) is 0 Å². The van der Waals surface area contributed by atoms with E-state index in [1.54, 1.807) is 0 Å². The third-order valence-electron chi connectivity index (χ3n) is 1.43. The summed E-state index contributed by atoms with van der Waals surface area (Å²) in [6.07, 6.45) is 0. The minimum Gasteiger partial charge on any atom is -0.493 e. The molecule has 0 saturated carbocycles. The maximum atomic E-state index is 5.29. The highest BCUT2D eigenvalue weighted by atomic mass is 32.1. The molecule has 0 amide bonds. The molecule has 0 radical (unpaired) electrons. The van der Waals surface area contributed by atoms with Crippen LogP contribution >= 0.6 is 12.6 Å². The van der Waals surface area contributed by atoms with Crippen LogP contribution in [0, 0.1) is 0 Å². The maximum Gasteiger partial charge on any atom is 0.132 e. The average Bonchev–Trinajstić information content (AvgIpc) is 2.09. The lowest BCUT2D eigenvalue weighted by Gasteiger charge is -2.07. The van der Waals surface area contributed by atoms with Crippen molar-refractivity contribution in [3.63, 3.8) is 0 Å². The first kappa shape index (κ1) is 9.22. The van der Waals surface area contributed by atoms with Crippen molar-refractivity contribution in [1.29, 1.82) is 0 Å². The Morgan fingerprint density at radius 2 is 2.33 bits per heavy atom. The molecule has 1 rings (SSSR count). The topological polar surface area (TPSA) is 47.3 Å². The fourth-order valence-electron chi connectivity index (χ4n) is 0.885. The molecule has 0 heterocycles. The van der Waals surface area contributed by atoms with Crippen LogP contribution in [0.2, 0.25) is 0 Å². The number of anilines is 1. The first-order chi connectivity index (χ1) is 5.77. The number of hydrogen-bond donors (Lipinski definition) is 3. The Kier molecular flexibility index (Phi) is 3.25. The molecule has 4 heteroatoms. The molecule has 0 spiro atoms. The van der Waals surface area contributed by atoms with Crippen molar-refractivity contribution in [2.24, 2.45) is 5.84 Å². The quantitative estimate of drug-likeness (QED) is 0.380. The molecular weight excluding hydrogens is 172 g/mol. The Labute approximate surface area is 77.3 Å². The second-order valence-corrected chi connectivity index (χ2v) is 2.74. The zero-order valence-electron chi connectivity index (χ0n) is 6.87. The van der Waals surface area contributed by atoms with Crippen LogP contribution in [0.25, 0.3) is 0 Å². The molecule has 0 aliphatic carbocycles. The van der Waals surface area contributed by atoms with Gasteiger partial charge in [-0.25, -0.2) is 0 Å². The molecule has 1 aromatic carbocycles. The minimum atomic E-state index is 0.642. The molecule has 0 bridgehead atoms. The number of nitrogen functional groups attached to an aromatic ring is 1. The summed E-state index contributed by atoms with van der Waals surface area (Å²) in [6, 6.07) is 5.49. The third kappa shape index (κ3) is 2.06. The highest BCUT2D eigenvalue weighted by Gasteiger charge is 1.99. The van der Waals surface area contributed by atoms with Gasteiger partial charge in [0.2, 0.25) is 0 Å². The number of ether oxygens (including phenoxy) is 1. The fourth-order valence-corrected chi connectivity index (χ4v) is 1.16. The van der Waals surface area contributed by atoms with Crippen molar-refractivity contribution in [1.82, 2.24) is 0 Å². The molecule has 0 aliphatic heterocycles. The summed E-state index contributed by atoms with van der Waals surface area (Å²) in [5, 5.41) is 0. The second-order valence-electron chi connectivity index (χ2n) is 2.26. The average molecular weight is 184 g/mol. The number of hydrazine groups is 1. The zero-order valence-corrected chi connectivity index (χ0v) is 7.77. The zero-order chi connectivity index (χ0) is 8.97. The van der Waals surface area contributed by atoms with Crippen molar-refractivity contribution in [3.8, 4) is 5.75 Å². The third-order valence-corrected chi connectivity index (χ3v) is 1.77. The summed E-state index contributed by atoms with van der Waals surface area (Å²) < 4.78 is 5.29. The molecule has 0 unspecified atom stereocenters. The van der Waals surface area contributed by atoms with Crippen molar-refractivity contribution < 1.29 is 4.74 Å². The molecule has 66 valence electrons. The monoisotopic (exact) mass is 184 g/mol. The van der Waals surface area contributed by atoms with Gasteiger partial charge in [-0.05, 0) is 25.1 Å². The lowest BCUT2D eigenvalue weighted by atomic mass is 10.3. The smallest absolute Gasteiger partial charge is 0.132 e. The number of rotatable bonds is 3. The lowest BCUT2D eigenvalue weighted by Crippen LogP contribution is -2.06. The van der Waals surface area contributed by atoms with Gasteiger partial charge in [0.05, 0.1) is 6.61 Å². The van der Waals surface area contributed by atoms with E-state index in [9.17, 15) is 0 Å². The van der Waals surface area contributed by atoms with Crippen LogP contribution in [-0.4, -0.2) is 6.61 Å². The van der Waals surface area contributed by atoms with Gasteiger partial charge >= 0.3 is 0 Å². The lowest BCUT2D eigenvalue weighted by molar-refractivity contribution is 0.332. The van der Waals surface area contributed by atoms with Gasteiger partial charge in [-0.1, -0.05) is 0 Å². The molecule has 0 atom stereocenters. The van der Waals surface area contributed by atoms with Crippen LogP contribution in [0.5, 0.6) is 5.75 Å². The number of hydrogen-bond acceptors (Lipinski definition) is 4. The van der Waals surface area contributed by atoms with Gasteiger partial charge in [-0.15, -0.1) is 12.6 Å². The van der Waals surface area contributed by atoms with E-state index in [2.05, 4.69) is 18.1 Å². The number of nitrogens with two attached hydrogens (primary N) is 1. The van der Waals surface area contributed by atoms with Crippen molar-refractivity contribution >= 4 is 18.3 Å². The molecule has 0 saturated heterocycles. The highest BCUT2D eigenvalue weighted by Crippen LogP contribution is 2.25. The summed E-state index contributed by atoms with van der Waals surface area (Å²) >= 11 is 4.24. The van der Waals surface area contributed by atoms with Crippen molar-refractivity contribution in [2.75, 3.05) is 12.0 Å². The minimum absolute atomic E-state index is 0.642. The standard InChI is InChI=1S/C8H12N2OS/c1-2-11-7-4-3-6(10-9)5-8(7)12/h3-5,10,12H,2,9H2,1H3. The van der Waals surface area contributed by atoms with E-state index < -0.39 is 0 Å². The van der Waals surface area contributed by atoms with E-state index in [0.29, 0.717) is 6.61 Å². The summed E-state index contributed by atoms with van der Waals surface area (Å²) in [5.74, 6) is 6.00. The summed E-state index contributed by atoms with van der Waals surface area (Å²) in [4.78, 5) is 0.785. The van der Waals surface area contributed by atoms with Gasteiger partial charge in [0.25, 0.3) is 0 Å². The molecule has 3 N–H and O–H groups in total. The highest BCUT2D eigenvalue weighted by molar-refractivity contribution is 7.80. The summed E-state index contributed by atoms with van der Waals surface area (Å²) in [5.41, 5.74) is 3.36. The predicted molar refractivity (Wildman–Crippen MR) is 52.7 cm³/mol. The van der Waals surface area contributed by atoms with Crippen LogP contribution in [0.1, 0.15) is 6.92 Å². The number of nitrogens with one attached hydrogen (secondary N) is 1. The largest absolute Gasteiger partial charge is 0.493 e. The van der Waals surface area contributed by atoms with Crippen molar-refractivity contribution in [3.05, 3.63) is 18.2 Å². The first-order valence-electron chi connectivity index (χ1n) is 3.70. The van der Waals surface area contributed by atoms with E-state index in [1.165, 1.54) is 0 Å². The Balaban J connectivity index is 2.87. The molecule has 1 aromatic rings. The molecule has 3 nitrogen and oxygen atoms in total. The van der Waals surface area contributed by atoms with Crippen LogP contribution in [-0.2, 0) is 0 Å². The Morgan fingerprint density at radius 3 is 2.83 bits per heavy atom. The maximum absolute atomic E-state index is 5.29. The first-order valence-corrected chi connectivity index (χ1v) is 4.15. The van der Waals surface area contributed by atoms with Gasteiger partial charge in [0.1, 0.15) is 5.75 Å². The van der Waals surface area contributed by atoms with E-state index in [4.69, 9.17) is 10.6 Å². The van der Waals surface area contributed by atoms with Gasteiger partial charge < -0.3 is 10.2 Å². The number of benzene rings is 1. The number of thiol groups is 1. The molecule has 0 aliphatic rings. The van der Waals surface area contributed by atoms with Gasteiger partial charge in [0.15, 0.2) is 0 Å². The van der Waals surface area contributed by atoms with Crippen molar-refractivity contribution in [2.45, 2.75) is 11.8 Å². The van der Waals surface area contributed by atoms with Gasteiger partial charge in [-0.3, -0.25) is 5.84 Å². The molecular formula is C8H12N2OS.